The summed E-state index contributed by atoms with van der Waals surface area (Å²) in [7, 11) is 1.83. The molecule has 6 nitrogen and oxygen atoms in total. The second-order valence-corrected chi connectivity index (χ2v) is 7.29. The molecule has 0 saturated heterocycles. The molecule has 0 unspecified atom stereocenters. The van der Waals surface area contributed by atoms with E-state index in [2.05, 4.69) is 24.5 Å². The van der Waals surface area contributed by atoms with Gasteiger partial charge in [0.25, 0.3) is 0 Å². The Bertz CT molecular complexity index is 585. The van der Waals surface area contributed by atoms with Crippen LogP contribution in [0.4, 0.5) is 0 Å². The first kappa shape index (κ1) is 24.0. The summed E-state index contributed by atoms with van der Waals surface area (Å²) in [5.74, 6) is 0.828. The third kappa shape index (κ3) is 8.30. The van der Waals surface area contributed by atoms with Crippen LogP contribution in [-0.4, -0.2) is 55.2 Å². The van der Waals surface area contributed by atoms with Crippen LogP contribution >= 0.6 is 0 Å². The van der Waals surface area contributed by atoms with Crippen LogP contribution in [0.25, 0.3) is 0 Å². The number of nitrogens with zero attached hydrogens (tertiary/aromatic N) is 2. The molecule has 0 spiro atoms. The Balaban J connectivity index is 2.54. The van der Waals surface area contributed by atoms with Gasteiger partial charge in [-0.15, -0.1) is 0 Å². The molecule has 6 heteroatoms. The van der Waals surface area contributed by atoms with Crippen molar-refractivity contribution in [3.05, 3.63) is 35.9 Å². The molecular formula is C22H38N4O2. The minimum atomic E-state index is 0.0306. The second-order valence-electron chi connectivity index (χ2n) is 7.29. The molecule has 0 aliphatic carbocycles. The molecule has 1 aromatic rings. The Labute approximate surface area is 170 Å². The SMILES string of the molecule is CCNC(=NCC(CC)(CC)CCO)NCCC(=O)N(C)Cc1ccccc1. The number of rotatable bonds is 12. The molecule has 0 bridgehead atoms. The van der Waals surface area contributed by atoms with Gasteiger partial charge in [-0.25, -0.2) is 0 Å². The van der Waals surface area contributed by atoms with Crippen molar-refractivity contribution in [2.24, 2.45) is 10.4 Å². The van der Waals surface area contributed by atoms with E-state index >= 15 is 0 Å². The van der Waals surface area contributed by atoms with Crippen LogP contribution in [0.15, 0.2) is 35.3 Å². The lowest BCUT2D eigenvalue weighted by Gasteiger charge is -2.29. The Morgan fingerprint density at radius 3 is 2.39 bits per heavy atom. The molecule has 0 saturated carbocycles. The highest BCUT2D eigenvalue weighted by atomic mass is 16.3. The predicted octanol–water partition coefficient (Wildman–Crippen LogP) is 2.78. The summed E-state index contributed by atoms with van der Waals surface area (Å²) in [5, 5.41) is 15.9. The van der Waals surface area contributed by atoms with Crippen LogP contribution in [0, 0.1) is 5.41 Å². The van der Waals surface area contributed by atoms with E-state index in [4.69, 9.17) is 4.99 Å². The topological polar surface area (TPSA) is 77.0 Å². The van der Waals surface area contributed by atoms with Crippen molar-refractivity contribution in [2.45, 2.75) is 53.0 Å². The molecule has 0 radical (unpaired) electrons. The number of amides is 1. The number of hydrogen-bond donors (Lipinski definition) is 3. The van der Waals surface area contributed by atoms with Gasteiger partial charge in [0.1, 0.15) is 0 Å². The number of aliphatic imine (C=N–C) groups is 1. The van der Waals surface area contributed by atoms with E-state index in [9.17, 15) is 9.90 Å². The lowest BCUT2D eigenvalue weighted by atomic mass is 9.79. The average Bonchev–Trinajstić information content (AvgIpc) is 2.71. The van der Waals surface area contributed by atoms with E-state index in [1.54, 1.807) is 4.90 Å². The zero-order valence-electron chi connectivity index (χ0n) is 18.0. The molecule has 0 atom stereocenters. The molecule has 1 rings (SSSR count). The highest BCUT2D eigenvalue weighted by Gasteiger charge is 2.25. The number of nitrogens with one attached hydrogen (secondary N) is 2. The lowest BCUT2D eigenvalue weighted by molar-refractivity contribution is -0.130. The molecule has 1 amide bonds. The van der Waals surface area contributed by atoms with Crippen molar-refractivity contribution in [2.75, 3.05) is 33.3 Å². The van der Waals surface area contributed by atoms with Gasteiger partial charge in [-0.1, -0.05) is 44.2 Å². The summed E-state index contributed by atoms with van der Waals surface area (Å²) in [6, 6.07) is 9.99. The quantitative estimate of drug-likeness (QED) is 0.379. The fourth-order valence-electron chi connectivity index (χ4n) is 3.16. The highest BCUT2D eigenvalue weighted by Crippen LogP contribution is 2.30. The minimum absolute atomic E-state index is 0.0306. The Morgan fingerprint density at radius 2 is 1.82 bits per heavy atom. The van der Waals surface area contributed by atoms with E-state index in [0.717, 1.165) is 37.3 Å². The molecule has 28 heavy (non-hydrogen) atoms. The van der Waals surface area contributed by atoms with Gasteiger partial charge in [-0.3, -0.25) is 9.79 Å². The maximum Gasteiger partial charge on any atom is 0.224 e. The van der Waals surface area contributed by atoms with Gasteiger partial charge in [-0.05, 0) is 37.2 Å². The van der Waals surface area contributed by atoms with Crippen molar-refractivity contribution >= 4 is 11.9 Å². The van der Waals surface area contributed by atoms with Crippen LogP contribution in [0.3, 0.4) is 0 Å². The largest absolute Gasteiger partial charge is 0.396 e. The average molecular weight is 391 g/mol. The van der Waals surface area contributed by atoms with E-state index in [1.165, 1.54) is 0 Å². The molecule has 0 aromatic heterocycles. The number of hydrogen-bond acceptors (Lipinski definition) is 3. The van der Waals surface area contributed by atoms with Crippen molar-refractivity contribution in [1.29, 1.82) is 0 Å². The summed E-state index contributed by atoms with van der Waals surface area (Å²) in [5.41, 5.74) is 1.16. The van der Waals surface area contributed by atoms with Crippen molar-refractivity contribution in [3.8, 4) is 0 Å². The van der Waals surface area contributed by atoms with Gasteiger partial charge in [0.05, 0.1) is 0 Å². The Morgan fingerprint density at radius 1 is 1.14 bits per heavy atom. The number of carbonyl (C=O) groups excluding carboxylic acids is 1. The molecule has 3 N–H and O–H groups in total. The van der Waals surface area contributed by atoms with Gasteiger partial charge in [0, 0.05) is 46.3 Å². The first-order valence-corrected chi connectivity index (χ1v) is 10.4. The first-order valence-electron chi connectivity index (χ1n) is 10.4. The third-order valence-corrected chi connectivity index (χ3v) is 5.38. The molecule has 158 valence electrons. The maximum absolute atomic E-state index is 12.4. The van der Waals surface area contributed by atoms with Crippen LogP contribution in [0.5, 0.6) is 0 Å². The number of benzene rings is 1. The lowest BCUT2D eigenvalue weighted by Crippen LogP contribution is -2.40. The molecular weight excluding hydrogens is 352 g/mol. The van der Waals surface area contributed by atoms with Crippen molar-refractivity contribution in [3.63, 3.8) is 0 Å². The van der Waals surface area contributed by atoms with Gasteiger partial charge in [0.2, 0.25) is 5.91 Å². The fourth-order valence-corrected chi connectivity index (χ4v) is 3.16. The predicted molar refractivity (Wildman–Crippen MR) is 116 cm³/mol. The molecule has 1 aromatic carbocycles. The van der Waals surface area contributed by atoms with Gasteiger partial charge < -0.3 is 20.6 Å². The van der Waals surface area contributed by atoms with Crippen LogP contribution in [0.1, 0.15) is 52.0 Å². The van der Waals surface area contributed by atoms with Crippen LogP contribution in [-0.2, 0) is 11.3 Å². The summed E-state index contributed by atoms with van der Waals surface area (Å²) < 4.78 is 0. The van der Waals surface area contributed by atoms with Crippen molar-refractivity contribution in [1.82, 2.24) is 15.5 Å². The second kappa shape index (κ2) is 13.2. The molecule has 0 heterocycles. The standard InChI is InChI=1S/C22H38N4O2/c1-5-22(6-2,14-16-27)18-25-21(23-7-3)24-15-13-20(28)26(4)17-19-11-9-8-10-12-19/h8-12,27H,5-7,13-18H2,1-4H3,(H2,23,24,25). The smallest absolute Gasteiger partial charge is 0.224 e. The number of guanidine groups is 1. The zero-order chi connectivity index (χ0) is 20.8. The van der Waals surface area contributed by atoms with E-state index in [1.807, 2.05) is 44.3 Å². The number of carbonyl (C=O) groups is 1. The Kier molecular flexibility index (Phi) is 11.3. The van der Waals surface area contributed by atoms with E-state index < -0.39 is 0 Å². The fraction of sp³-hybridized carbons (Fsp3) is 0.636. The first-order chi connectivity index (χ1) is 13.5. The maximum atomic E-state index is 12.4. The van der Waals surface area contributed by atoms with Gasteiger partial charge in [-0.2, -0.15) is 0 Å². The third-order valence-electron chi connectivity index (χ3n) is 5.38. The molecule has 0 fully saturated rings. The van der Waals surface area contributed by atoms with Crippen molar-refractivity contribution < 1.29 is 9.90 Å². The summed E-state index contributed by atoms with van der Waals surface area (Å²) in [6.45, 7) is 9.09. The summed E-state index contributed by atoms with van der Waals surface area (Å²) >= 11 is 0. The van der Waals surface area contributed by atoms with Gasteiger partial charge in [0.15, 0.2) is 5.96 Å². The normalized spacial score (nSPS) is 12.0. The summed E-state index contributed by atoms with van der Waals surface area (Å²) in [6.07, 6.45) is 3.13. The number of aliphatic hydroxyl groups excluding tert-OH is 1. The monoisotopic (exact) mass is 390 g/mol. The van der Waals surface area contributed by atoms with Crippen LogP contribution < -0.4 is 10.6 Å². The molecule has 0 aliphatic heterocycles. The number of aliphatic hydroxyl groups is 1. The Hall–Kier alpha value is -2.08. The van der Waals surface area contributed by atoms with Gasteiger partial charge >= 0.3 is 0 Å². The summed E-state index contributed by atoms with van der Waals surface area (Å²) in [4.78, 5) is 18.8. The highest BCUT2D eigenvalue weighted by molar-refractivity contribution is 5.81. The van der Waals surface area contributed by atoms with E-state index in [0.29, 0.717) is 26.1 Å². The zero-order valence-corrected chi connectivity index (χ0v) is 18.0. The van der Waals surface area contributed by atoms with Crippen LogP contribution in [0.2, 0.25) is 0 Å². The minimum Gasteiger partial charge on any atom is -0.396 e. The van der Waals surface area contributed by atoms with E-state index in [-0.39, 0.29) is 17.9 Å². The molecule has 0 aliphatic rings.